The van der Waals surface area contributed by atoms with Gasteiger partial charge in [0.15, 0.2) is 0 Å². The molecule has 1 amide bonds. The number of benzene rings is 1. The molecular weight excluding hydrogens is 220 g/mol. The largest absolute Gasteiger partial charge is 0.381 e. The summed E-state index contributed by atoms with van der Waals surface area (Å²) in [5.41, 5.74) is 7.85. The summed E-state index contributed by atoms with van der Waals surface area (Å²) in [6.07, 6.45) is 1.18. The Morgan fingerprint density at radius 2 is 2.38 bits per heavy atom. The summed E-state index contributed by atoms with van der Waals surface area (Å²) in [5, 5.41) is 3.43. The molecule has 0 spiro atoms. The Balaban J connectivity index is 2.15. The van der Waals surface area contributed by atoms with Crippen LogP contribution in [0.5, 0.6) is 0 Å². The fourth-order valence-corrected chi connectivity index (χ4v) is 3.01. The number of aryl methyl sites for hydroxylation is 1. The molecule has 1 saturated heterocycles. The molecule has 0 aliphatic carbocycles. The van der Waals surface area contributed by atoms with Gasteiger partial charge in [0.05, 0.1) is 0 Å². The van der Waals surface area contributed by atoms with Crippen LogP contribution < -0.4 is 11.1 Å². The fourth-order valence-electron chi connectivity index (χ4n) is 1.86. The van der Waals surface area contributed by atoms with Crippen LogP contribution in [0.2, 0.25) is 0 Å². The summed E-state index contributed by atoms with van der Waals surface area (Å²) in [5.74, 6) is 1.99. The van der Waals surface area contributed by atoms with Crippen molar-refractivity contribution in [1.29, 1.82) is 0 Å². The van der Waals surface area contributed by atoms with Gasteiger partial charge in [0.25, 0.3) is 0 Å². The van der Waals surface area contributed by atoms with Crippen molar-refractivity contribution in [2.75, 3.05) is 16.8 Å². The molecule has 1 unspecified atom stereocenters. The van der Waals surface area contributed by atoms with Crippen molar-refractivity contribution < 1.29 is 4.79 Å². The Morgan fingerprint density at radius 3 is 3.00 bits per heavy atom. The van der Waals surface area contributed by atoms with Gasteiger partial charge in [-0.15, -0.1) is 0 Å². The van der Waals surface area contributed by atoms with E-state index in [0.717, 1.165) is 17.0 Å². The number of primary amides is 1. The first-order valence-corrected chi connectivity index (χ1v) is 6.57. The highest BCUT2D eigenvalue weighted by Crippen LogP contribution is 2.22. The summed E-state index contributed by atoms with van der Waals surface area (Å²) in [6.45, 7) is 1.90. The van der Waals surface area contributed by atoms with Crippen LogP contribution in [0.3, 0.4) is 0 Å². The summed E-state index contributed by atoms with van der Waals surface area (Å²) in [4.78, 5) is 11.2. The first kappa shape index (κ1) is 11.3. The first-order valence-electron chi connectivity index (χ1n) is 5.41. The van der Waals surface area contributed by atoms with Gasteiger partial charge in [-0.2, -0.15) is 11.8 Å². The lowest BCUT2D eigenvalue weighted by molar-refractivity contribution is 0.1000. The number of carbonyl (C=O) groups excluding carboxylic acids is 1. The van der Waals surface area contributed by atoms with Crippen molar-refractivity contribution in [3.63, 3.8) is 0 Å². The second kappa shape index (κ2) is 4.78. The van der Waals surface area contributed by atoms with Gasteiger partial charge in [-0.1, -0.05) is 6.07 Å². The molecule has 0 aromatic heterocycles. The Labute approximate surface area is 99.8 Å². The Hall–Kier alpha value is -1.16. The van der Waals surface area contributed by atoms with Crippen LogP contribution in [0.4, 0.5) is 5.69 Å². The van der Waals surface area contributed by atoms with Crippen LogP contribution in [0.25, 0.3) is 0 Å². The van der Waals surface area contributed by atoms with E-state index >= 15 is 0 Å². The standard InChI is InChI=1S/C12H16N2OS/c1-8-2-3-9(6-11(8)12(13)15)14-10-4-5-16-7-10/h2-3,6,10,14H,4-5,7H2,1H3,(H2,13,15). The predicted octanol–water partition coefficient (Wildman–Crippen LogP) is 2.01. The zero-order valence-electron chi connectivity index (χ0n) is 9.32. The highest BCUT2D eigenvalue weighted by atomic mass is 32.2. The van der Waals surface area contributed by atoms with Gasteiger partial charge in [-0.05, 0) is 36.8 Å². The maximum absolute atomic E-state index is 11.2. The third kappa shape index (κ3) is 2.50. The maximum Gasteiger partial charge on any atom is 0.249 e. The number of hydrogen-bond acceptors (Lipinski definition) is 3. The highest BCUT2D eigenvalue weighted by molar-refractivity contribution is 7.99. The Bertz CT molecular complexity index is 400. The van der Waals surface area contributed by atoms with E-state index in [9.17, 15) is 4.79 Å². The second-order valence-electron chi connectivity index (χ2n) is 4.10. The van der Waals surface area contributed by atoms with E-state index in [1.165, 1.54) is 12.2 Å². The number of carbonyl (C=O) groups is 1. The number of nitrogens with two attached hydrogens (primary N) is 1. The van der Waals surface area contributed by atoms with Crippen molar-refractivity contribution in [3.05, 3.63) is 29.3 Å². The quantitative estimate of drug-likeness (QED) is 0.844. The molecular formula is C12H16N2OS. The minimum absolute atomic E-state index is 0.359. The van der Waals surface area contributed by atoms with Crippen molar-refractivity contribution in [1.82, 2.24) is 0 Å². The van der Waals surface area contributed by atoms with E-state index in [-0.39, 0.29) is 5.91 Å². The topological polar surface area (TPSA) is 55.1 Å². The van der Waals surface area contributed by atoms with Crippen LogP contribution in [0, 0.1) is 6.92 Å². The first-order chi connectivity index (χ1) is 7.66. The Kier molecular flexibility index (Phi) is 3.39. The molecule has 1 heterocycles. The van der Waals surface area contributed by atoms with Crippen LogP contribution >= 0.6 is 11.8 Å². The lowest BCUT2D eigenvalue weighted by atomic mass is 10.1. The normalized spacial score (nSPS) is 19.7. The summed E-state index contributed by atoms with van der Waals surface area (Å²) in [6, 6.07) is 6.31. The maximum atomic E-state index is 11.2. The van der Waals surface area contributed by atoms with Crippen molar-refractivity contribution in [2.24, 2.45) is 5.73 Å². The molecule has 0 radical (unpaired) electrons. The van der Waals surface area contributed by atoms with Gasteiger partial charge in [0.2, 0.25) is 5.91 Å². The molecule has 0 bridgehead atoms. The predicted molar refractivity (Wildman–Crippen MR) is 69.0 cm³/mol. The highest BCUT2D eigenvalue weighted by Gasteiger charge is 2.15. The molecule has 3 N–H and O–H groups in total. The third-order valence-electron chi connectivity index (χ3n) is 2.80. The molecule has 86 valence electrons. The van der Waals surface area contributed by atoms with Gasteiger partial charge in [-0.25, -0.2) is 0 Å². The van der Waals surface area contributed by atoms with Gasteiger partial charge in [-0.3, -0.25) is 4.79 Å². The zero-order chi connectivity index (χ0) is 11.5. The van der Waals surface area contributed by atoms with E-state index in [2.05, 4.69) is 5.32 Å². The van der Waals surface area contributed by atoms with Crippen LogP contribution in [-0.4, -0.2) is 23.5 Å². The van der Waals surface area contributed by atoms with Gasteiger partial charge in [0.1, 0.15) is 0 Å². The number of hydrogen-bond donors (Lipinski definition) is 2. The number of amides is 1. The van der Waals surface area contributed by atoms with E-state index < -0.39 is 0 Å². The second-order valence-corrected chi connectivity index (χ2v) is 5.25. The van der Waals surface area contributed by atoms with Gasteiger partial charge >= 0.3 is 0 Å². The van der Waals surface area contributed by atoms with E-state index in [4.69, 9.17) is 5.73 Å². The molecule has 1 aromatic carbocycles. The van der Waals surface area contributed by atoms with E-state index in [0.29, 0.717) is 11.6 Å². The van der Waals surface area contributed by atoms with Crippen LogP contribution in [0.1, 0.15) is 22.3 Å². The SMILES string of the molecule is Cc1ccc(NC2CCSC2)cc1C(N)=O. The monoisotopic (exact) mass is 236 g/mol. The Morgan fingerprint density at radius 1 is 1.56 bits per heavy atom. The van der Waals surface area contributed by atoms with Crippen molar-refractivity contribution in [3.8, 4) is 0 Å². The van der Waals surface area contributed by atoms with Gasteiger partial charge < -0.3 is 11.1 Å². The van der Waals surface area contributed by atoms with Gasteiger partial charge in [0, 0.05) is 23.0 Å². The number of nitrogens with one attached hydrogen (secondary N) is 1. The zero-order valence-corrected chi connectivity index (χ0v) is 10.1. The van der Waals surface area contributed by atoms with Crippen LogP contribution in [0.15, 0.2) is 18.2 Å². The molecule has 3 nitrogen and oxygen atoms in total. The lowest BCUT2D eigenvalue weighted by Gasteiger charge is -2.14. The third-order valence-corrected chi connectivity index (χ3v) is 3.97. The molecule has 4 heteroatoms. The summed E-state index contributed by atoms with van der Waals surface area (Å²) < 4.78 is 0. The lowest BCUT2D eigenvalue weighted by Crippen LogP contribution is -2.19. The molecule has 1 aliphatic heterocycles. The number of thioether (sulfide) groups is 1. The van der Waals surface area contributed by atoms with E-state index in [1.807, 2.05) is 36.9 Å². The van der Waals surface area contributed by atoms with Crippen molar-refractivity contribution >= 4 is 23.4 Å². The number of anilines is 1. The minimum Gasteiger partial charge on any atom is -0.381 e. The molecule has 1 aromatic rings. The average molecular weight is 236 g/mol. The molecule has 1 atom stereocenters. The van der Waals surface area contributed by atoms with Crippen LogP contribution in [-0.2, 0) is 0 Å². The minimum atomic E-state index is -0.359. The molecule has 1 fully saturated rings. The summed E-state index contributed by atoms with van der Waals surface area (Å²) >= 11 is 1.96. The molecule has 1 aliphatic rings. The molecule has 16 heavy (non-hydrogen) atoms. The summed E-state index contributed by atoms with van der Waals surface area (Å²) in [7, 11) is 0. The average Bonchev–Trinajstić information content (AvgIpc) is 2.73. The van der Waals surface area contributed by atoms with Crippen molar-refractivity contribution in [2.45, 2.75) is 19.4 Å². The fraction of sp³-hybridized carbons (Fsp3) is 0.417. The molecule has 2 rings (SSSR count). The molecule has 0 saturated carbocycles. The number of rotatable bonds is 3. The smallest absolute Gasteiger partial charge is 0.249 e. The van der Waals surface area contributed by atoms with E-state index in [1.54, 1.807) is 0 Å².